The Morgan fingerprint density at radius 1 is 1.14 bits per heavy atom. The third kappa shape index (κ3) is 8.22. The average Bonchev–Trinajstić information content (AvgIpc) is 3.52. The fraction of sp³-hybridized carbons (Fsp3) is 0.667. The summed E-state index contributed by atoms with van der Waals surface area (Å²) in [5, 5.41) is 10.9. The number of fused-ring (bicyclic) bond motifs is 1. The van der Waals surface area contributed by atoms with Gasteiger partial charge in [0.25, 0.3) is 10.1 Å². The second kappa shape index (κ2) is 13.2. The molecule has 10 nitrogen and oxygen atoms in total. The number of aromatic nitrogens is 4. The van der Waals surface area contributed by atoms with Crippen LogP contribution in [0.4, 0.5) is 0 Å². The summed E-state index contributed by atoms with van der Waals surface area (Å²) in [7, 11) is -5.47. The molecule has 0 amide bonds. The van der Waals surface area contributed by atoms with Crippen LogP contribution < -0.4 is 4.43 Å². The monoisotopic (exact) mass is 620 g/mol. The first-order valence-corrected chi connectivity index (χ1v) is 19.7. The molecule has 1 saturated heterocycles. The van der Waals surface area contributed by atoms with Gasteiger partial charge in [0, 0.05) is 37.0 Å². The molecule has 3 heterocycles. The van der Waals surface area contributed by atoms with E-state index in [1.165, 1.54) is 0 Å². The first kappa shape index (κ1) is 32.7. The minimum atomic E-state index is -3.46. The molecule has 3 atom stereocenters. The Morgan fingerprint density at radius 3 is 2.55 bits per heavy atom. The number of hydrogen-bond acceptors (Lipinski definition) is 8. The molecule has 1 unspecified atom stereocenters. The minimum absolute atomic E-state index is 0.0844. The predicted octanol–water partition coefficient (Wildman–Crippen LogP) is 6.71. The zero-order chi connectivity index (χ0) is 30.7. The molecule has 3 aromatic rings. The Kier molecular flexibility index (Phi) is 10.2. The molecule has 0 spiro atoms. The van der Waals surface area contributed by atoms with E-state index >= 15 is 0 Å². The summed E-state index contributed by atoms with van der Waals surface area (Å²) in [4.78, 5) is 0. The first-order valence-electron chi connectivity index (χ1n) is 15.0. The second-order valence-electron chi connectivity index (χ2n) is 13.0. The maximum atomic E-state index is 11.3. The highest BCUT2D eigenvalue weighted by atomic mass is 32.2. The number of nitrogens with zero attached hydrogens (tertiary/aromatic N) is 4. The van der Waals surface area contributed by atoms with E-state index < -0.39 is 24.5 Å². The molecule has 0 radical (unpaired) electrons. The Hall–Kier alpha value is -2.25. The van der Waals surface area contributed by atoms with Crippen LogP contribution in [0.1, 0.15) is 79.0 Å². The molecule has 42 heavy (non-hydrogen) atoms. The molecular weight excluding hydrogens is 573 g/mol. The van der Waals surface area contributed by atoms with Gasteiger partial charge in [-0.1, -0.05) is 20.8 Å². The Bertz CT molecular complexity index is 1440. The number of hydrogen-bond donors (Lipinski definition) is 0. The summed E-state index contributed by atoms with van der Waals surface area (Å²) >= 11 is 0. The molecule has 1 aliphatic heterocycles. The van der Waals surface area contributed by atoms with E-state index in [1.807, 2.05) is 21.8 Å². The first-order chi connectivity index (χ1) is 19.6. The summed E-state index contributed by atoms with van der Waals surface area (Å²) in [5.41, 5.74) is 2.84. The minimum Gasteiger partial charge on any atom is -0.543 e. The largest absolute Gasteiger partial charge is 0.543 e. The lowest BCUT2D eigenvalue weighted by atomic mass is 10.1. The molecule has 1 aromatic carbocycles. The van der Waals surface area contributed by atoms with Crippen LogP contribution in [0, 0.1) is 0 Å². The highest BCUT2D eigenvalue weighted by molar-refractivity contribution is 7.86. The van der Waals surface area contributed by atoms with E-state index in [9.17, 15) is 8.42 Å². The van der Waals surface area contributed by atoms with Gasteiger partial charge in [-0.2, -0.15) is 18.6 Å². The Morgan fingerprint density at radius 2 is 1.88 bits per heavy atom. The Labute approximate surface area is 251 Å². The van der Waals surface area contributed by atoms with Crippen molar-refractivity contribution in [3.05, 3.63) is 30.6 Å². The van der Waals surface area contributed by atoms with Crippen LogP contribution in [-0.4, -0.2) is 68.5 Å². The van der Waals surface area contributed by atoms with Crippen molar-refractivity contribution < 1.29 is 26.5 Å². The van der Waals surface area contributed by atoms with Gasteiger partial charge in [0.1, 0.15) is 11.4 Å². The highest BCUT2D eigenvalue weighted by Crippen LogP contribution is 2.40. The summed E-state index contributed by atoms with van der Waals surface area (Å²) in [5.74, 6) is 0.869. The summed E-state index contributed by atoms with van der Waals surface area (Å²) in [6.45, 7) is 16.8. The van der Waals surface area contributed by atoms with E-state index in [0.29, 0.717) is 19.6 Å². The molecule has 12 heteroatoms. The number of rotatable bonds is 13. The maximum absolute atomic E-state index is 11.3. The van der Waals surface area contributed by atoms with E-state index in [4.69, 9.17) is 23.2 Å². The fourth-order valence-corrected chi connectivity index (χ4v) is 6.48. The van der Waals surface area contributed by atoms with Crippen molar-refractivity contribution in [1.29, 1.82) is 0 Å². The van der Waals surface area contributed by atoms with Crippen LogP contribution in [0.5, 0.6) is 5.75 Å². The molecule has 0 aliphatic carbocycles. The van der Waals surface area contributed by atoms with Crippen LogP contribution in [-0.2, 0) is 23.8 Å². The molecular formula is C30H48N4O6SSi. The molecule has 4 rings (SSSR count). The quantitative estimate of drug-likeness (QED) is 0.118. The summed E-state index contributed by atoms with van der Waals surface area (Å²) < 4.78 is 50.0. The highest BCUT2D eigenvalue weighted by Gasteiger charge is 2.39. The predicted molar refractivity (Wildman–Crippen MR) is 168 cm³/mol. The van der Waals surface area contributed by atoms with E-state index in [0.717, 1.165) is 66.5 Å². The van der Waals surface area contributed by atoms with Crippen molar-refractivity contribution in [2.24, 2.45) is 0 Å². The van der Waals surface area contributed by atoms with Gasteiger partial charge in [-0.05, 0) is 82.3 Å². The van der Waals surface area contributed by atoms with E-state index in [1.54, 1.807) is 6.92 Å². The van der Waals surface area contributed by atoms with Crippen molar-refractivity contribution in [3.63, 3.8) is 0 Å². The van der Waals surface area contributed by atoms with Crippen molar-refractivity contribution in [2.75, 3.05) is 26.1 Å². The van der Waals surface area contributed by atoms with Gasteiger partial charge < -0.3 is 13.9 Å². The molecule has 2 aromatic heterocycles. The average molecular weight is 621 g/mol. The van der Waals surface area contributed by atoms with Gasteiger partial charge in [0.05, 0.1) is 30.1 Å². The lowest BCUT2D eigenvalue weighted by molar-refractivity contribution is -0.0365. The number of benzene rings is 1. The zero-order valence-corrected chi connectivity index (χ0v) is 28.2. The topological polar surface area (TPSA) is 107 Å². The van der Waals surface area contributed by atoms with E-state index in [-0.39, 0.29) is 17.3 Å². The maximum Gasteiger partial charge on any atom is 0.264 e. The number of ether oxygens (including phenoxy) is 2. The molecule has 0 N–H and O–H groups in total. The molecule has 0 saturated carbocycles. The third-order valence-electron chi connectivity index (χ3n) is 8.30. The van der Waals surface area contributed by atoms with Crippen LogP contribution in [0.15, 0.2) is 30.6 Å². The smallest absolute Gasteiger partial charge is 0.264 e. The van der Waals surface area contributed by atoms with Crippen molar-refractivity contribution >= 4 is 29.3 Å². The van der Waals surface area contributed by atoms with Gasteiger partial charge in [0.2, 0.25) is 8.32 Å². The molecule has 1 aliphatic rings. The second-order valence-corrected chi connectivity index (χ2v) is 19.3. The van der Waals surface area contributed by atoms with Crippen LogP contribution in [0.2, 0.25) is 18.1 Å². The molecule has 1 fully saturated rings. The zero-order valence-electron chi connectivity index (χ0n) is 26.4. The molecule has 0 bridgehead atoms. The third-order valence-corrected chi connectivity index (χ3v) is 13.3. The van der Waals surface area contributed by atoms with Gasteiger partial charge in [-0.3, -0.25) is 8.86 Å². The van der Waals surface area contributed by atoms with Crippen molar-refractivity contribution in [3.8, 4) is 17.0 Å². The van der Waals surface area contributed by atoms with Crippen LogP contribution >= 0.6 is 0 Å². The van der Waals surface area contributed by atoms with Gasteiger partial charge in [-0.15, -0.1) is 0 Å². The molecule has 234 valence electrons. The summed E-state index contributed by atoms with van der Waals surface area (Å²) in [6.07, 6.45) is 8.89. The fourth-order valence-electron chi connectivity index (χ4n) is 4.77. The van der Waals surface area contributed by atoms with Gasteiger partial charge >= 0.3 is 0 Å². The van der Waals surface area contributed by atoms with Crippen molar-refractivity contribution in [1.82, 2.24) is 19.6 Å². The van der Waals surface area contributed by atoms with Crippen LogP contribution in [0.3, 0.4) is 0 Å². The normalized spacial score (nSPS) is 18.3. The van der Waals surface area contributed by atoms with E-state index in [2.05, 4.69) is 64.1 Å². The standard InChI is InChI=1S/C30H48N4O6SSi/c1-22(14-17-37-18-15-23(2)39-41(6,35)36)33-21-24(20-31-33)29-26-19-25(40-42(7,8)30(3,4)5)12-13-27(26)34(32-29)28-11-9-10-16-38-28/h12-13,19-23,28H,9-11,14-18H2,1-8H3/t22-,23-,28?/m1/s1. The Balaban J connectivity index is 1.51. The van der Waals surface area contributed by atoms with Gasteiger partial charge in [0.15, 0.2) is 6.23 Å². The van der Waals surface area contributed by atoms with Gasteiger partial charge in [-0.25, -0.2) is 4.68 Å². The summed E-state index contributed by atoms with van der Waals surface area (Å²) in [6, 6.07) is 6.41. The van der Waals surface area contributed by atoms with Crippen LogP contribution in [0.25, 0.3) is 22.2 Å². The lowest BCUT2D eigenvalue weighted by Crippen LogP contribution is -2.43. The lowest BCUT2D eigenvalue weighted by Gasteiger charge is -2.36. The SMILES string of the molecule is C[C@H](CCOCC[C@@H](C)n1cc(-c2nn(C3CCCCO3)c3ccc(O[Si](C)(C)C(C)(C)C)cc23)cn1)OS(C)(=O)=O. The van der Waals surface area contributed by atoms with Crippen molar-refractivity contribution in [2.45, 2.75) is 103 Å².